The van der Waals surface area contributed by atoms with Crippen LogP contribution in [0.25, 0.3) is 0 Å². The van der Waals surface area contributed by atoms with Crippen molar-refractivity contribution in [2.24, 2.45) is 5.73 Å². The van der Waals surface area contributed by atoms with Crippen molar-refractivity contribution in [1.82, 2.24) is 4.90 Å². The maximum atomic E-state index is 12.7. The molecule has 3 atom stereocenters. The number of carboxylic acid groups (broad SMARTS) is 1. The molecule has 0 bridgehead atoms. The van der Waals surface area contributed by atoms with Crippen molar-refractivity contribution >= 4 is 23.6 Å². The molecule has 1 saturated heterocycles. The van der Waals surface area contributed by atoms with Gasteiger partial charge in [-0.05, 0) is 13.8 Å². The summed E-state index contributed by atoms with van der Waals surface area (Å²) < 4.78 is 38.0. The number of carbonyl (C=O) groups excluding carboxylic acids is 1. The second-order valence-electron chi connectivity index (χ2n) is 4.20. The van der Waals surface area contributed by atoms with Gasteiger partial charge < -0.3 is 15.7 Å². The Morgan fingerprint density at radius 3 is 2.33 bits per heavy atom. The standard InChI is InChI=1S/C9H13F3N2O3S/c1-4-14(5(3-18-4)6(15)16)7(17)8(2,13)9(10,11)12/h4-5H,3,13H2,1-2H3,(H,15,16). The summed E-state index contributed by atoms with van der Waals surface area (Å²) >= 11 is 1.10. The first-order valence-electron chi connectivity index (χ1n) is 5.03. The van der Waals surface area contributed by atoms with Gasteiger partial charge in [0, 0.05) is 5.75 Å². The van der Waals surface area contributed by atoms with E-state index in [1.54, 1.807) is 0 Å². The normalized spacial score (nSPS) is 28.0. The SMILES string of the molecule is CC1SCC(C(=O)O)N1C(=O)C(C)(N)C(F)(F)F. The maximum absolute atomic E-state index is 12.7. The van der Waals surface area contributed by atoms with E-state index in [2.05, 4.69) is 0 Å². The number of carbonyl (C=O) groups is 2. The zero-order chi connectivity index (χ0) is 14.3. The third-order valence-corrected chi connectivity index (χ3v) is 3.99. The number of rotatable bonds is 2. The van der Waals surface area contributed by atoms with Gasteiger partial charge in [-0.15, -0.1) is 11.8 Å². The lowest BCUT2D eigenvalue weighted by Crippen LogP contribution is -2.64. The first-order chi connectivity index (χ1) is 8.00. The van der Waals surface area contributed by atoms with Gasteiger partial charge in [0.2, 0.25) is 0 Å². The van der Waals surface area contributed by atoms with Gasteiger partial charge in [-0.1, -0.05) is 0 Å². The summed E-state index contributed by atoms with van der Waals surface area (Å²) in [5, 5.41) is 8.24. The van der Waals surface area contributed by atoms with Crippen molar-refractivity contribution in [3.63, 3.8) is 0 Å². The molecular formula is C9H13F3N2O3S. The first kappa shape index (κ1) is 15.1. The number of halogens is 3. The molecule has 1 fully saturated rings. The third-order valence-electron chi connectivity index (χ3n) is 2.78. The second-order valence-corrected chi connectivity index (χ2v) is 5.55. The predicted molar refractivity (Wildman–Crippen MR) is 58.8 cm³/mol. The minimum absolute atomic E-state index is 0.0518. The van der Waals surface area contributed by atoms with Crippen molar-refractivity contribution in [3.8, 4) is 0 Å². The van der Waals surface area contributed by atoms with Gasteiger partial charge in [0.1, 0.15) is 6.04 Å². The maximum Gasteiger partial charge on any atom is 0.415 e. The highest BCUT2D eigenvalue weighted by Gasteiger charge is 2.58. The average molecular weight is 286 g/mol. The highest BCUT2D eigenvalue weighted by atomic mass is 32.2. The van der Waals surface area contributed by atoms with Gasteiger partial charge in [-0.2, -0.15) is 13.2 Å². The fourth-order valence-electron chi connectivity index (χ4n) is 1.53. The fourth-order valence-corrected chi connectivity index (χ4v) is 2.70. The van der Waals surface area contributed by atoms with Crippen LogP contribution in [0.5, 0.6) is 0 Å². The lowest BCUT2D eigenvalue weighted by molar-refractivity contribution is -0.195. The Morgan fingerprint density at radius 2 is 1.94 bits per heavy atom. The van der Waals surface area contributed by atoms with Crippen LogP contribution in [-0.2, 0) is 9.59 Å². The number of thioether (sulfide) groups is 1. The number of nitrogens with zero attached hydrogens (tertiary/aromatic N) is 1. The van der Waals surface area contributed by atoms with Gasteiger partial charge in [0.25, 0.3) is 5.91 Å². The predicted octanol–water partition coefficient (Wildman–Crippen LogP) is 0.641. The molecule has 1 aliphatic rings. The molecule has 1 aliphatic heterocycles. The van der Waals surface area contributed by atoms with Crippen LogP contribution in [0.15, 0.2) is 0 Å². The van der Waals surface area contributed by atoms with E-state index < -0.39 is 35.0 Å². The van der Waals surface area contributed by atoms with E-state index in [0.717, 1.165) is 11.8 Å². The van der Waals surface area contributed by atoms with E-state index in [-0.39, 0.29) is 5.75 Å². The summed E-state index contributed by atoms with van der Waals surface area (Å²) in [6.07, 6.45) is -4.93. The highest BCUT2D eigenvalue weighted by Crippen LogP contribution is 2.35. The van der Waals surface area contributed by atoms with Crippen molar-refractivity contribution in [2.75, 3.05) is 5.75 Å². The number of carboxylic acids is 1. The number of aliphatic carboxylic acids is 1. The molecule has 1 heterocycles. The molecule has 18 heavy (non-hydrogen) atoms. The molecule has 104 valence electrons. The van der Waals surface area contributed by atoms with Crippen LogP contribution in [-0.4, -0.2) is 50.8 Å². The van der Waals surface area contributed by atoms with E-state index >= 15 is 0 Å². The van der Waals surface area contributed by atoms with Gasteiger partial charge in [0.05, 0.1) is 5.37 Å². The number of hydrogen-bond acceptors (Lipinski definition) is 4. The molecule has 0 aliphatic carbocycles. The molecule has 5 nitrogen and oxygen atoms in total. The lowest BCUT2D eigenvalue weighted by Gasteiger charge is -2.34. The summed E-state index contributed by atoms with van der Waals surface area (Å²) in [5.41, 5.74) is 1.94. The summed E-state index contributed by atoms with van der Waals surface area (Å²) in [5.74, 6) is -2.70. The highest BCUT2D eigenvalue weighted by molar-refractivity contribution is 8.00. The topological polar surface area (TPSA) is 83.6 Å². The third kappa shape index (κ3) is 2.41. The molecule has 9 heteroatoms. The number of amides is 1. The molecule has 3 N–H and O–H groups in total. The molecule has 3 unspecified atom stereocenters. The Labute approximate surface area is 105 Å². The molecule has 0 radical (unpaired) electrons. The van der Waals surface area contributed by atoms with Crippen molar-refractivity contribution in [3.05, 3.63) is 0 Å². The number of hydrogen-bond donors (Lipinski definition) is 2. The monoisotopic (exact) mass is 286 g/mol. The minimum Gasteiger partial charge on any atom is -0.480 e. The van der Waals surface area contributed by atoms with Crippen LogP contribution in [0.4, 0.5) is 13.2 Å². The molecular weight excluding hydrogens is 273 g/mol. The Hall–Kier alpha value is -0.960. The van der Waals surface area contributed by atoms with Gasteiger partial charge in [0.15, 0.2) is 5.54 Å². The molecule has 0 saturated carbocycles. The quantitative estimate of drug-likeness (QED) is 0.778. The number of nitrogens with two attached hydrogens (primary N) is 1. The largest absolute Gasteiger partial charge is 0.480 e. The lowest BCUT2D eigenvalue weighted by atomic mass is 10.0. The van der Waals surface area contributed by atoms with Crippen LogP contribution in [0, 0.1) is 0 Å². The van der Waals surface area contributed by atoms with E-state index in [9.17, 15) is 22.8 Å². The summed E-state index contributed by atoms with van der Waals surface area (Å²) in [6, 6.07) is -1.28. The van der Waals surface area contributed by atoms with Gasteiger partial charge >= 0.3 is 12.1 Å². The Morgan fingerprint density at radius 1 is 1.44 bits per heavy atom. The molecule has 0 aromatic rings. The fraction of sp³-hybridized carbons (Fsp3) is 0.778. The van der Waals surface area contributed by atoms with E-state index in [0.29, 0.717) is 11.8 Å². The summed E-state index contributed by atoms with van der Waals surface area (Å²) in [7, 11) is 0. The smallest absolute Gasteiger partial charge is 0.415 e. The van der Waals surface area contributed by atoms with Crippen LogP contribution >= 0.6 is 11.8 Å². The van der Waals surface area contributed by atoms with E-state index in [1.807, 2.05) is 0 Å². The molecule has 0 spiro atoms. The molecule has 0 aromatic carbocycles. The zero-order valence-corrected chi connectivity index (χ0v) is 10.5. The molecule has 1 rings (SSSR count). The first-order valence-corrected chi connectivity index (χ1v) is 6.07. The van der Waals surface area contributed by atoms with Crippen LogP contribution < -0.4 is 5.73 Å². The molecule has 0 aromatic heterocycles. The van der Waals surface area contributed by atoms with Crippen molar-refractivity contribution in [2.45, 2.75) is 37.0 Å². The zero-order valence-electron chi connectivity index (χ0n) is 9.69. The second kappa shape index (κ2) is 4.61. The Bertz CT molecular complexity index is 373. The van der Waals surface area contributed by atoms with Gasteiger partial charge in [-0.25, -0.2) is 4.79 Å². The molecule has 1 amide bonds. The average Bonchev–Trinajstić information content (AvgIpc) is 2.57. The van der Waals surface area contributed by atoms with Crippen LogP contribution in [0.3, 0.4) is 0 Å². The number of alkyl halides is 3. The Balaban J connectivity index is 3.05. The van der Waals surface area contributed by atoms with Gasteiger partial charge in [-0.3, -0.25) is 4.79 Å². The van der Waals surface area contributed by atoms with E-state index in [1.165, 1.54) is 6.92 Å². The van der Waals surface area contributed by atoms with Crippen LogP contribution in [0.1, 0.15) is 13.8 Å². The Kier molecular flexibility index (Phi) is 3.87. The van der Waals surface area contributed by atoms with Crippen molar-refractivity contribution < 1.29 is 27.9 Å². The van der Waals surface area contributed by atoms with Crippen molar-refractivity contribution in [1.29, 1.82) is 0 Å². The van der Waals surface area contributed by atoms with Crippen LogP contribution in [0.2, 0.25) is 0 Å². The summed E-state index contributed by atoms with van der Waals surface area (Å²) in [4.78, 5) is 23.4. The minimum atomic E-state index is -4.93. The van der Waals surface area contributed by atoms with E-state index in [4.69, 9.17) is 10.8 Å². The summed E-state index contributed by atoms with van der Waals surface area (Å²) in [6.45, 7) is 2.02.